The molecule has 0 saturated carbocycles. The Kier molecular flexibility index (Phi) is 8.75. The predicted octanol–water partition coefficient (Wildman–Crippen LogP) is 4.35. The van der Waals surface area contributed by atoms with Gasteiger partial charge in [-0.25, -0.2) is 13.8 Å². The predicted molar refractivity (Wildman–Crippen MR) is 163 cm³/mol. The van der Waals surface area contributed by atoms with E-state index in [-0.39, 0.29) is 28.7 Å². The van der Waals surface area contributed by atoms with E-state index in [4.69, 9.17) is 9.47 Å². The normalized spacial score (nSPS) is 14.0. The molecule has 12 nitrogen and oxygen atoms in total. The molecule has 0 unspecified atom stereocenters. The average Bonchev–Trinajstić information content (AvgIpc) is 3.46. The molecule has 1 saturated heterocycles. The van der Waals surface area contributed by atoms with Gasteiger partial charge >= 0.3 is 0 Å². The first kappa shape index (κ1) is 29.8. The van der Waals surface area contributed by atoms with Crippen molar-refractivity contribution in [1.29, 1.82) is 0 Å². The molecule has 3 aromatic heterocycles. The van der Waals surface area contributed by atoms with Gasteiger partial charge in [-0.1, -0.05) is 0 Å². The van der Waals surface area contributed by atoms with E-state index in [0.717, 1.165) is 43.2 Å². The molecule has 14 heteroatoms. The lowest BCUT2D eigenvalue weighted by atomic mass is 10.0. The molecule has 3 N–H and O–H groups in total. The number of rotatable bonds is 10. The van der Waals surface area contributed by atoms with Crippen LogP contribution in [0.4, 0.5) is 20.3 Å². The summed E-state index contributed by atoms with van der Waals surface area (Å²) < 4.78 is 40.7. The Bertz CT molecular complexity index is 1870. The summed E-state index contributed by atoms with van der Waals surface area (Å²) in [5, 5.41) is 17.9. The second-order valence-electron chi connectivity index (χ2n) is 10.5. The van der Waals surface area contributed by atoms with Gasteiger partial charge in [-0.3, -0.25) is 14.7 Å². The van der Waals surface area contributed by atoms with E-state index in [1.54, 1.807) is 13.2 Å². The van der Waals surface area contributed by atoms with Crippen molar-refractivity contribution < 1.29 is 23.0 Å². The topological polar surface area (TPSA) is 139 Å². The largest absolute Gasteiger partial charge is 0.453 e. The number of methoxy groups -OCH3 is 1. The zero-order valence-electron chi connectivity index (χ0n) is 24.3. The van der Waals surface area contributed by atoms with Crippen LogP contribution < -0.4 is 20.9 Å². The molecule has 1 amide bonds. The molecular weight excluding hydrogens is 586 g/mol. The number of halogens is 2. The average molecular weight is 617 g/mol. The van der Waals surface area contributed by atoms with Gasteiger partial charge in [-0.2, -0.15) is 14.9 Å². The summed E-state index contributed by atoms with van der Waals surface area (Å²) in [6.45, 7) is 3.46. The van der Waals surface area contributed by atoms with E-state index in [9.17, 15) is 14.0 Å². The summed E-state index contributed by atoms with van der Waals surface area (Å²) >= 11 is 0. The van der Waals surface area contributed by atoms with Crippen LogP contribution in [0.5, 0.6) is 11.5 Å². The van der Waals surface area contributed by atoms with Crippen molar-refractivity contribution in [3.8, 4) is 17.2 Å². The number of aromatic amines is 1. The van der Waals surface area contributed by atoms with Crippen molar-refractivity contribution in [3.05, 3.63) is 94.5 Å². The molecule has 4 heterocycles. The van der Waals surface area contributed by atoms with Gasteiger partial charge in [-0.15, -0.1) is 0 Å². The number of piperidine rings is 1. The minimum absolute atomic E-state index is 0.0818. The van der Waals surface area contributed by atoms with Crippen LogP contribution in [0, 0.1) is 11.6 Å². The highest BCUT2D eigenvalue weighted by Gasteiger charge is 2.22. The molecule has 0 radical (unpaired) electrons. The number of amides is 1. The Morgan fingerprint density at radius 3 is 2.60 bits per heavy atom. The van der Waals surface area contributed by atoms with Crippen molar-refractivity contribution in [2.24, 2.45) is 0 Å². The molecule has 5 aromatic rings. The number of nitrogens with one attached hydrogen (secondary N) is 3. The van der Waals surface area contributed by atoms with Gasteiger partial charge in [0, 0.05) is 63.0 Å². The van der Waals surface area contributed by atoms with Crippen LogP contribution >= 0.6 is 0 Å². The molecular formula is C31H30F2N8O4. The molecule has 45 heavy (non-hydrogen) atoms. The molecule has 2 aromatic carbocycles. The van der Waals surface area contributed by atoms with Crippen LogP contribution in [-0.2, 0) is 4.74 Å². The number of aromatic nitrogens is 5. The maximum atomic E-state index is 15.3. The summed E-state index contributed by atoms with van der Waals surface area (Å²) in [6.07, 6.45) is 4.66. The van der Waals surface area contributed by atoms with E-state index >= 15 is 4.39 Å². The minimum atomic E-state index is -0.763. The number of carbonyl (C=O) groups excluding carboxylic acids is 1. The number of likely N-dealkylation sites (tertiary alicyclic amines) is 1. The highest BCUT2D eigenvalue weighted by atomic mass is 19.1. The lowest BCUT2D eigenvalue weighted by Gasteiger charge is -2.32. The van der Waals surface area contributed by atoms with Crippen molar-refractivity contribution in [1.82, 2.24) is 29.9 Å². The maximum Gasteiger partial charge on any atom is 0.284 e. The molecule has 1 aliphatic rings. The molecule has 0 aliphatic carbocycles. The number of hydrogen-bond donors (Lipinski definition) is 3. The Morgan fingerprint density at radius 2 is 1.84 bits per heavy atom. The monoisotopic (exact) mass is 616 g/mol. The number of anilines is 2. The SMILES string of the molecule is COCCN1CCC(Nc2n[nH]c3nccc(Oc4ccc(NC(=O)c5ccnn(-c6ccc(F)cc6)c5=O)cc4F)c23)CC1. The first-order valence-electron chi connectivity index (χ1n) is 14.3. The third-order valence-electron chi connectivity index (χ3n) is 7.53. The van der Waals surface area contributed by atoms with E-state index in [1.165, 1.54) is 54.9 Å². The van der Waals surface area contributed by atoms with Crippen LogP contribution in [0.1, 0.15) is 23.2 Å². The molecule has 1 fully saturated rings. The van der Waals surface area contributed by atoms with Crippen LogP contribution in [0.25, 0.3) is 16.7 Å². The second kappa shape index (κ2) is 13.2. The summed E-state index contributed by atoms with van der Waals surface area (Å²) in [6, 6.07) is 12.1. The van der Waals surface area contributed by atoms with E-state index in [1.807, 2.05) is 0 Å². The van der Waals surface area contributed by atoms with Crippen LogP contribution in [0.2, 0.25) is 0 Å². The highest BCUT2D eigenvalue weighted by Crippen LogP contribution is 2.35. The fourth-order valence-corrected chi connectivity index (χ4v) is 5.16. The number of nitrogens with zero attached hydrogens (tertiary/aromatic N) is 5. The fourth-order valence-electron chi connectivity index (χ4n) is 5.16. The number of pyridine rings is 1. The maximum absolute atomic E-state index is 15.3. The third kappa shape index (κ3) is 6.66. The number of H-pyrrole nitrogens is 1. The number of benzene rings is 2. The standard InChI is InChI=1S/C31H30F2N8O4/c1-44-17-16-40-14-10-20(11-15-40)36-29-27-26(9-12-34-28(27)38-39-29)45-25-7-4-21(18-24(25)33)37-30(42)23-8-13-35-41(31(23)43)22-5-2-19(32)3-6-22/h2-9,12-13,18,20H,10-11,14-17H2,1H3,(H,37,42)(H2,34,36,38,39). The van der Waals surface area contributed by atoms with Crippen LogP contribution in [0.3, 0.4) is 0 Å². The van der Waals surface area contributed by atoms with Crippen molar-refractivity contribution >= 4 is 28.4 Å². The van der Waals surface area contributed by atoms with E-state index in [2.05, 4.69) is 35.8 Å². The van der Waals surface area contributed by atoms with Crippen LogP contribution in [-0.4, -0.2) is 75.2 Å². The van der Waals surface area contributed by atoms with Gasteiger partial charge in [0.15, 0.2) is 23.0 Å². The van der Waals surface area contributed by atoms with Crippen molar-refractivity contribution in [3.63, 3.8) is 0 Å². The first-order chi connectivity index (χ1) is 21.9. The van der Waals surface area contributed by atoms with Gasteiger partial charge in [-0.05, 0) is 55.3 Å². The van der Waals surface area contributed by atoms with Gasteiger partial charge < -0.3 is 25.0 Å². The van der Waals surface area contributed by atoms with Gasteiger partial charge in [0.2, 0.25) is 0 Å². The molecule has 6 rings (SSSR count). The Balaban J connectivity index is 1.15. The van der Waals surface area contributed by atoms with Gasteiger partial charge in [0.05, 0.1) is 12.3 Å². The number of hydrogen-bond acceptors (Lipinski definition) is 9. The quantitative estimate of drug-likeness (QED) is 0.209. The number of carbonyl (C=O) groups is 1. The Morgan fingerprint density at radius 1 is 1.04 bits per heavy atom. The molecule has 0 bridgehead atoms. The van der Waals surface area contributed by atoms with Crippen molar-refractivity contribution in [2.45, 2.75) is 18.9 Å². The van der Waals surface area contributed by atoms with Crippen molar-refractivity contribution in [2.75, 3.05) is 44.0 Å². The number of fused-ring (bicyclic) bond motifs is 1. The zero-order chi connectivity index (χ0) is 31.3. The highest BCUT2D eigenvalue weighted by molar-refractivity contribution is 6.04. The molecule has 0 spiro atoms. The summed E-state index contributed by atoms with van der Waals surface area (Å²) in [4.78, 5) is 32.6. The molecule has 1 aliphatic heterocycles. The minimum Gasteiger partial charge on any atom is -0.453 e. The molecule has 232 valence electrons. The first-order valence-corrected chi connectivity index (χ1v) is 14.3. The number of ether oxygens (including phenoxy) is 2. The van der Waals surface area contributed by atoms with E-state index in [0.29, 0.717) is 29.2 Å². The second-order valence-corrected chi connectivity index (χ2v) is 10.5. The van der Waals surface area contributed by atoms with Gasteiger partial charge in [0.25, 0.3) is 11.5 Å². The summed E-state index contributed by atoms with van der Waals surface area (Å²) in [5.74, 6) is -1.14. The molecule has 0 atom stereocenters. The summed E-state index contributed by atoms with van der Waals surface area (Å²) in [7, 11) is 1.70. The van der Waals surface area contributed by atoms with Gasteiger partial charge in [0.1, 0.15) is 22.5 Å². The summed E-state index contributed by atoms with van der Waals surface area (Å²) in [5.41, 5.74) is -0.0647. The van der Waals surface area contributed by atoms with E-state index < -0.39 is 23.1 Å². The lowest BCUT2D eigenvalue weighted by molar-refractivity contribution is 0.102. The van der Waals surface area contributed by atoms with Crippen LogP contribution in [0.15, 0.2) is 71.8 Å². The Labute approximate surface area is 256 Å². The lowest BCUT2D eigenvalue weighted by Crippen LogP contribution is -2.40. The zero-order valence-corrected chi connectivity index (χ0v) is 24.3. The smallest absolute Gasteiger partial charge is 0.284 e. The Hall–Kier alpha value is -5.21. The third-order valence-corrected chi connectivity index (χ3v) is 7.53. The fraction of sp³-hybridized carbons (Fsp3) is 0.258.